The maximum atomic E-state index is 13.2. The highest BCUT2D eigenvalue weighted by Crippen LogP contribution is 2.30. The van der Waals surface area contributed by atoms with Crippen molar-refractivity contribution in [3.63, 3.8) is 0 Å². The van der Waals surface area contributed by atoms with E-state index in [9.17, 15) is 14.7 Å². The minimum Gasteiger partial charge on any atom is -0.508 e. The number of benzene rings is 2. The lowest BCUT2D eigenvalue weighted by Gasteiger charge is -2.11. The first kappa shape index (κ1) is 20.0. The Labute approximate surface area is 168 Å². The molecule has 0 aliphatic carbocycles. The molecule has 0 aliphatic rings. The molecule has 0 saturated heterocycles. The van der Waals surface area contributed by atoms with Crippen LogP contribution < -0.4 is 0 Å². The number of phenolic OH excluding ortho intramolecular Hbond substituents is 1. The van der Waals surface area contributed by atoms with Gasteiger partial charge in [-0.2, -0.15) is 0 Å². The van der Waals surface area contributed by atoms with Crippen LogP contribution in [-0.4, -0.2) is 27.7 Å². The maximum Gasteiger partial charge on any atom is 0.310 e. The summed E-state index contributed by atoms with van der Waals surface area (Å²) in [6.07, 6.45) is 0.564. The van der Waals surface area contributed by atoms with Gasteiger partial charge in [-0.25, -0.2) is 0 Å². The Morgan fingerprint density at radius 3 is 2.64 bits per heavy atom. The van der Waals surface area contributed by atoms with E-state index in [1.54, 1.807) is 47.9 Å². The van der Waals surface area contributed by atoms with Crippen LogP contribution in [0.5, 0.6) is 5.75 Å². The first-order valence-electron chi connectivity index (χ1n) is 9.14. The van der Waals surface area contributed by atoms with E-state index in [-0.39, 0.29) is 30.2 Å². The first-order valence-corrected chi connectivity index (χ1v) is 9.52. The Balaban J connectivity index is 2.10. The average Bonchev–Trinajstić information content (AvgIpc) is 2.92. The van der Waals surface area contributed by atoms with Crippen molar-refractivity contribution < 1.29 is 19.4 Å². The molecule has 1 atom stereocenters. The summed E-state index contributed by atoms with van der Waals surface area (Å²) in [6.45, 7) is 5.56. The van der Waals surface area contributed by atoms with Crippen molar-refractivity contribution in [2.24, 2.45) is 0 Å². The highest BCUT2D eigenvalue weighted by atomic mass is 35.5. The molecule has 1 aromatic heterocycles. The Kier molecular flexibility index (Phi) is 5.75. The summed E-state index contributed by atoms with van der Waals surface area (Å²) in [5.41, 5.74) is 2.35. The molecule has 0 fully saturated rings. The number of nitrogens with zero attached hydrogens (tertiary/aromatic N) is 1. The van der Waals surface area contributed by atoms with Gasteiger partial charge in [-0.05, 0) is 62.2 Å². The van der Waals surface area contributed by atoms with Gasteiger partial charge in [-0.15, -0.1) is 0 Å². The van der Waals surface area contributed by atoms with Crippen molar-refractivity contribution in [2.45, 2.75) is 39.7 Å². The molecule has 2 aromatic carbocycles. The van der Waals surface area contributed by atoms with Gasteiger partial charge in [0.2, 0.25) is 0 Å². The number of rotatable bonds is 5. The molecule has 5 nitrogen and oxygen atoms in total. The van der Waals surface area contributed by atoms with Crippen LogP contribution in [-0.2, 0) is 16.0 Å². The van der Waals surface area contributed by atoms with E-state index in [4.69, 9.17) is 16.3 Å². The van der Waals surface area contributed by atoms with Gasteiger partial charge >= 0.3 is 5.97 Å². The second-order valence-electron chi connectivity index (χ2n) is 6.80. The Morgan fingerprint density at radius 1 is 1.21 bits per heavy atom. The topological polar surface area (TPSA) is 68.5 Å². The smallest absolute Gasteiger partial charge is 0.310 e. The predicted octanol–water partition coefficient (Wildman–Crippen LogP) is 4.88. The second kappa shape index (κ2) is 8.07. The number of hydrogen-bond donors (Lipinski definition) is 1. The van der Waals surface area contributed by atoms with Gasteiger partial charge in [0.15, 0.2) is 0 Å². The van der Waals surface area contributed by atoms with Crippen LogP contribution >= 0.6 is 11.6 Å². The third kappa shape index (κ3) is 3.90. The molecular formula is C22H22ClNO4. The van der Waals surface area contributed by atoms with Crippen LogP contribution in [0.1, 0.15) is 41.9 Å². The third-order valence-electron chi connectivity index (χ3n) is 4.82. The molecule has 6 heteroatoms. The number of halogens is 1. The summed E-state index contributed by atoms with van der Waals surface area (Å²) in [5.74, 6) is -0.552. The van der Waals surface area contributed by atoms with Gasteiger partial charge < -0.3 is 9.84 Å². The minimum atomic E-state index is -0.366. The van der Waals surface area contributed by atoms with Gasteiger partial charge in [-0.3, -0.25) is 14.2 Å². The van der Waals surface area contributed by atoms with E-state index < -0.39 is 0 Å². The Bertz CT molecular complexity index is 1050. The molecular weight excluding hydrogens is 378 g/mol. The molecule has 146 valence electrons. The van der Waals surface area contributed by atoms with Gasteiger partial charge in [0.25, 0.3) is 5.91 Å². The van der Waals surface area contributed by atoms with Crippen molar-refractivity contribution >= 4 is 34.4 Å². The molecule has 0 radical (unpaired) electrons. The number of carbonyl (C=O) groups excluding carboxylic acids is 2. The molecule has 0 aliphatic heterocycles. The summed E-state index contributed by atoms with van der Waals surface area (Å²) in [4.78, 5) is 25.5. The largest absolute Gasteiger partial charge is 0.508 e. The summed E-state index contributed by atoms with van der Waals surface area (Å²) < 4.78 is 6.94. The van der Waals surface area contributed by atoms with Gasteiger partial charge in [0.05, 0.1) is 18.0 Å². The molecule has 28 heavy (non-hydrogen) atoms. The molecule has 1 N–H and O–H groups in total. The van der Waals surface area contributed by atoms with E-state index in [0.29, 0.717) is 32.7 Å². The zero-order chi connectivity index (χ0) is 20.4. The monoisotopic (exact) mass is 399 g/mol. The molecule has 0 saturated carbocycles. The number of aromatic hydroxyl groups is 1. The van der Waals surface area contributed by atoms with Crippen molar-refractivity contribution in [3.8, 4) is 5.75 Å². The quantitative estimate of drug-likeness (QED) is 0.621. The summed E-state index contributed by atoms with van der Waals surface area (Å²) in [6, 6.07) is 11.5. The van der Waals surface area contributed by atoms with E-state index >= 15 is 0 Å². The fraction of sp³-hybridized carbons (Fsp3) is 0.273. The Morgan fingerprint density at radius 2 is 1.96 bits per heavy atom. The molecule has 0 bridgehead atoms. The normalized spacial score (nSPS) is 12.1. The number of hydrogen-bond acceptors (Lipinski definition) is 4. The maximum absolute atomic E-state index is 13.2. The van der Waals surface area contributed by atoms with Crippen molar-refractivity contribution in [2.75, 3.05) is 0 Å². The number of fused-ring (bicyclic) bond motifs is 1. The first-order chi connectivity index (χ1) is 13.3. The van der Waals surface area contributed by atoms with E-state index in [1.165, 1.54) is 6.07 Å². The lowest BCUT2D eigenvalue weighted by molar-refractivity contribution is -0.147. The van der Waals surface area contributed by atoms with E-state index in [0.717, 1.165) is 6.42 Å². The lowest BCUT2D eigenvalue weighted by Crippen LogP contribution is -2.17. The van der Waals surface area contributed by atoms with E-state index in [1.807, 2.05) is 13.8 Å². The standard InChI is InChI=1S/C22H22ClNO4/c1-4-13(2)28-21(26)12-18-14(3)24(20-9-8-17(25)11-19(18)20)22(27)15-6-5-7-16(23)10-15/h5-11,13,25H,4,12H2,1-3H3/t13-/m1/s1. The fourth-order valence-electron chi connectivity index (χ4n) is 3.20. The summed E-state index contributed by atoms with van der Waals surface area (Å²) in [5, 5.41) is 11.1. The zero-order valence-corrected chi connectivity index (χ0v) is 16.8. The van der Waals surface area contributed by atoms with E-state index in [2.05, 4.69) is 0 Å². The lowest BCUT2D eigenvalue weighted by atomic mass is 10.1. The number of carbonyl (C=O) groups is 2. The van der Waals surface area contributed by atoms with Crippen molar-refractivity contribution in [1.29, 1.82) is 0 Å². The van der Waals surface area contributed by atoms with Crippen LogP contribution in [0.2, 0.25) is 5.02 Å². The predicted molar refractivity (Wildman–Crippen MR) is 109 cm³/mol. The molecule has 3 aromatic rings. The zero-order valence-electron chi connectivity index (χ0n) is 16.0. The van der Waals surface area contributed by atoms with Crippen LogP contribution in [0.3, 0.4) is 0 Å². The summed E-state index contributed by atoms with van der Waals surface area (Å²) in [7, 11) is 0. The fourth-order valence-corrected chi connectivity index (χ4v) is 3.39. The second-order valence-corrected chi connectivity index (χ2v) is 7.24. The third-order valence-corrected chi connectivity index (χ3v) is 5.06. The highest BCUT2D eigenvalue weighted by molar-refractivity contribution is 6.31. The van der Waals surface area contributed by atoms with Gasteiger partial charge in [0.1, 0.15) is 5.75 Å². The van der Waals surface area contributed by atoms with Gasteiger partial charge in [-0.1, -0.05) is 24.6 Å². The van der Waals surface area contributed by atoms with Crippen molar-refractivity contribution in [3.05, 3.63) is 64.3 Å². The van der Waals surface area contributed by atoms with Crippen LogP contribution in [0.25, 0.3) is 10.9 Å². The van der Waals surface area contributed by atoms with Crippen LogP contribution in [0, 0.1) is 6.92 Å². The number of phenols is 1. The Hall–Kier alpha value is -2.79. The molecule has 3 rings (SSSR count). The van der Waals surface area contributed by atoms with Crippen LogP contribution in [0.4, 0.5) is 0 Å². The van der Waals surface area contributed by atoms with Crippen LogP contribution in [0.15, 0.2) is 42.5 Å². The molecule has 0 unspecified atom stereocenters. The van der Waals surface area contributed by atoms with Gasteiger partial charge in [0, 0.05) is 21.7 Å². The molecule has 1 heterocycles. The SMILES string of the molecule is CC[C@@H](C)OC(=O)Cc1c(C)n(C(=O)c2cccc(Cl)c2)c2ccc(O)cc12. The highest BCUT2D eigenvalue weighted by Gasteiger charge is 2.23. The average molecular weight is 400 g/mol. The van der Waals surface area contributed by atoms with Crippen molar-refractivity contribution in [1.82, 2.24) is 4.57 Å². The number of ether oxygens (including phenoxy) is 1. The molecule has 0 spiro atoms. The number of esters is 1. The minimum absolute atomic E-state index is 0.0198. The number of aromatic nitrogens is 1. The summed E-state index contributed by atoms with van der Waals surface area (Å²) >= 11 is 6.04. The molecule has 0 amide bonds.